The first kappa shape index (κ1) is 11.6. The Bertz CT molecular complexity index is 497. The number of hydrazone groups is 1. The van der Waals surface area contributed by atoms with E-state index >= 15 is 0 Å². The fraction of sp³-hybridized carbons (Fsp3) is 0.250. The summed E-state index contributed by atoms with van der Waals surface area (Å²) < 4.78 is 0. The van der Waals surface area contributed by atoms with Gasteiger partial charge in [0.25, 0.3) is 0 Å². The fourth-order valence-electron chi connectivity index (χ4n) is 1.32. The van der Waals surface area contributed by atoms with Crippen molar-refractivity contribution in [3.63, 3.8) is 0 Å². The van der Waals surface area contributed by atoms with E-state index in [1.54, 1.807) is 24.3 Å². The van der Waals surface area contributed by atoms with E-state index in [2.05, 4.69) is 10.5 Å². The van der Waals surface area contributed by atoms with Crippen molar-refractivity contribution in [1.82, 2.24) is 0 Å². The van der Waals surface area contributed by atoms with Crippen LogP contribution >= 0.6 is 11.6 Å². The maximum atomic E-state index is 11.6. The number of hydrogen-bond donors (Lipinski definition) is 1. The SMILES string of the molecule is N#C/C(=N\Nc1ccc(Cl)cc1)C(=O)C1CC1. The van der Waals surface area contributed by atoms with Gasteiger partial charge in [-0.2, -0.15) is 10.4 Å². The van der Waals surface area contributed by atoms with Crippen LogP contribution in [-0.2, 0) is 4.79 Å². The topological polar surface area (TPSA) is 65.2 Å². The lowest BCUT2D eigenvalue weighted by molar-refractivity contribution is -0.113. The molecule has 0 atom stereocenters. The van der Waals surface area contributed by atoms with Crippen LogP contribution in [-0.4, -0.2) is 11.5 Å². The predicted octanol–water partition coefficient (Wildman–Crippen LogP) is 2.61. The van der Waals surface area contributed by atoms with Crippen molar-refractivity contribution in [2.75, 3.05) is 5.43 Å². The Kier molecular flexibility index (Phi) is 3.40. The summed E-state index contributed by atoms with van der Waals surface area (Å²) in [5.41, 5.74) is 3.29. The Morgan fingerprint density at radius 3 is 2.59 bits per heavy atom. The number of nitrogens with zero attached hydrogens (tertiary/aromatic N) is 2. The van der Waals surface area contributed by atoms with Crippen LogP contribution < -0.4 is 5.43 Å². The van der Waals surface area contributed by atoms with Crippen LogP contribution in [0.25, 0.3) is 0 Å². The number of hydrogen-bond acceptors (Lipinski definition) is 4. The molecule has 1 aliphatic carbocycles. The molecule has 86 valence electrons. The van der Waals surface area contributed by atoms with Crippen LogP contribution in [0, 0.1) is 17.2 Å². The second-order valence-corrected chi connectivity index (χ2v) is 4.27. The van der Waals surface area contributed by atoms with Crippen molar-refractivity contribution in [2.45, 2.75) is 12.8 Å². The summed E-state index contributed by atoms with van der Waals surface area (Å²) in [5, 5.41) is 13.3. The highest BCUT2D eigenvalue weighted by Gasteiger charge is 2.32. The Balaban J connectivity index is 2.05. The van der Waals surface area contributed by atoms with Gasteiger partial charge >= 0.3 is 0 Å². The average molecular weight is 248 g/mol. The molecule has 0 heterocycles. The fourth-order valence-corrected chi connectivity index (χ4v) is 1.44. The molecule has 4 nitrogen and oxygen atoms in total. The Morgan fingerprint density at radius 1 is 1.41 bits per heavy atom. The number of Topliss-reactive ketones (excluding diaryl/α,β-unsaturated/α-hetero) is 1. The summed E-state index contributed by atoms with van der Waals surface area (Å²) in [4.78, 5) is 11.6. The molecule has 1 aromatic carbocycles. The van der Waals surface area contributed by atoms with E-state index in [1.165, 1.54) is 0 Å². The normalized spacial score (nSPS) is 15.2. The third-order valence-electron chi connectivity index (χ3n) is 2.43. The van der Waals surface area contributed by atoms with E-state index in [4.69, 9.17) is 16.9 Å². The minimum Gasteiger partial charge on any atom is -0.291 e. The lowest BCUT2D eigenvalue weighted by atomic mass is 10.2. The van der Waals surface area contributed by atoms with E-state index in [0.29, 0.717) is 10.7 Å². The van der Waals surface area contributed by atoms with Gasteiger partial charge in [0.2, 0.25) is 5.71 Å². The van der Waals surface area contributed by atoms with Gasteiger partial charge in [0.1, 0.15) is 6.07 Å². The van der Waals surface area contributed by atoms with Gasteiger partial charge in [-0.15, -0.1) is 0 Å². The molecule has 1 saturated carbocycles. The van der Waals surface area contributed by atoms with Crippen LogP contribution in [0.5, 0.6) is 0 Å². The highest BCUT2D eigenvalue weighted by atomic mass is 35.5. The van der Waals surface area contributed by atoms with Crippen LogP contribution in [0.2, 0.25) is 5.02 Å². The number of nitrogens with one attached hydrogen (secondary N) is 1. The number of carbonyl (C=O) groups excluding carboxylic acids is 1. The third kappa shape index (κ3) is 3.05. The van der Waals surface area contributed by atoms with Crippen molar-refractivity contribution in [2.24, 2.45) is 11.0 Å². The maximum absolute atomic E-state index is 11.6. The number of benzene rings is 1. The first-order valence-corrected chi connectivity index (χ1v) is 5.62. The molecule has 0 aromatic heterocycles. The Hall–Kier alpha value is -1.86. The first-order chi connectivity index (χ1) is 8.20. The summed E-state index contributed by atoms with van der Waals surface area (Å²) in [6.07, 6.45) is 1.72. The molecule has 0 radical (unpaired) electrons. The van der Waals surface area contributed by atoms with Crippen molar-refractivity contribution in [1.29, 1.82) is 5.26 Å². The van der Waals surface area contributed by atoms with Crippen LogP contribution in [0.4, 0.5) is 5.69 Å². The average Bonchev–Trinajstić information content (AvgIpc) is 3.16. The molecule has 0 saturated heterocycles. The molecule has 0 bridgehead atoms. The van der Waals surface area contributed by atoms with Crippen molar-refractivity contribution >= 4 is 28.8 Å². The van der Waals surface area contributed by atoms with Gasteiger partial charge in [0, 0.05) is 10.9 Å². The Morgan fingerprint density at radius 2 is 2.06 bits per heavy atom. The van der Waals surface area contributed by atoms with Crippen molar-refractivity contribution < 1.29 is 4.79 Å². The molecule has 0 aliphatic heterocycles. The number of carbonyl (C=O) groups is 1. The van der Waals surface area contributed by atoms with Crippen LogP contribution in [0.1, 0.15) is 12.8 Å². The molecule has 2 rings (SSSR count). The van der Waals surface area contributed by atoms with Gasteiger partial charge < -0.3 is 0 Å². The van der Waals surface area contributed by atoms with Gasteiger partial charge in [-0.1, -0.05) is 11.6 Å². The highest BCUT2D eigenvalue weighted by Crippen LogP contribution is 2.30. The highest BCUT2D eigenvalue weighted by molar-refractivity contribution is 6.47. The summed E-state index contributed by atoms with van der Waals surface area (Å²) in [7, 11) is 0. The summed E-state index contributed by atoms with van der Waals surface area (Å²) in [6, 6.07) is 8.67. The summed E-state index contributed by atoms with van der Waals surface area (Å²) in [5.74, 6) is -0.172. The monoisotopic (exact) mass is 247 g/mol. The molecule has 0 unspecified atom stereocenters. The summed E-state index contributed by atoms with van der Waals surface area (Å²) in [6.45, 7) is 0. The minimum atomic E-state index is -0.172. The molecule has 0 spiro atoms. The Labute approximate surface area is 104 Å². The van der Waals surface area contributed by atoms with Crippen LogP contribution in [0.15, 0.2) is 29.4 Å². The standard InChI is InChI=1S/C12H10ClN3O/c13-9-3-5-10(6-4-9)15-16-11(7-14)12(17)8-1-2-8/h3-6,8,15H,1-2H2/b16-11+. The first-order valence-electron chi connectivity index (χ1n) is 5.24. The zero-order valence-corrected chi connectivity index (χ0v) is 9.74. The van der Waals surface area contributed by atoms with Gasteiger partial charge in [0.15, 0.2) is 5.78 Å². The molecule has 1 aromatic rings. The van der Waals surface area contributed by atoms with Gasteiger partial charge in [-0.3, -0.25) is 10.2 Å². The van der Waals surface area contributed by atoms with E-state index in [0.717, 1.165) is 12.8 Å². The molecule has 1 N–H and O–H groups in total. The van der Waals surface area contributed by atoms with Crippen molar-refractivity contribution in [3.05, 3.63) is 29.3 Å². The lowest BCUT2D eigenvalue weighted by Crippen LogP contribution is -2.15. The smallest absolute Gasteiger partial charge is 0.203 e. The number of anilines is 1. The molecule has 0 amide bonds. The molecule has 5 heteroatoms. The second-order valence-electron chi connectivity index (χ2n) is 3.83. The number of ketones is 1. The zero-order chi connectivity index (χ0) is 12.3. The van der Waals surface area contributed by atoms with Gasteiger partial charge in [0.05, 0.1) is 5.69 Å². The predicted molar refractivity (Wildman–Crippen MR) is 65.9 cm³/mol. The molecular weight excluding hydrogens is 238 g/mol. The van der Waals surface area contributed by atoms with E-state index in [-0.39, 0.29) is 17.4 Å². The van der Waals surface area contributed by atoms with Gasteiger partial charge in [-0.05, 0) is 37.1 Å². The van der Waals surface area contributed by atoms with Gasteiger partial charge in [-0.25, -0.2) is 0 Å². The van der Waals surface area contributed by atoms with Crippen molar-refractivity contribution in [3.8, 4) is 6.07 Å². The largest absolute Gasteiger partial charge is 0.291 e. The van der Waals surface area contributed by atoms with E-state index in [9.17, 15) is 4.79 Å². The zero-order valence-electron chi connectivity index (χ0n) is 8.98. The van der Waals surface area contributed by atoms with E-state index in [1.807, 2.05) is 6.07 Å². The van der Waals surface area contributed by atoms with E-state index < -0.39 is 0 Å². The molecule has 1 fully saturated rings. The molecule has 17 heavy (non-hydrogen) atoms. The van der Waals surface area contributed by atoms with Crippen LogP contribution in [0.3, 0.4) is 0 Å². The number of halogens is 1. The third-order valence-corrected chi connectivity index (χ3v) is 2.68. The molecular formula is C12H10ClN3O. The second kappa shape index (κ2) is 4.98. The quantitative estimate of drug-likeness (QED) is 0.657. The number of nitriles is 1. The minimum absolute atomic E-state index is 0.000387. The maximum Gasteiger partial charge on any atom is 0.203 e. The summed E-state index contributed by atoms with van der Waals surface area (Å²) >= 11 is 5.73. The molecule has 1 aliphatic rings. The number of rotatable bonds is 4. The lowest BCUT2D eigenvalue weighted by Gasteiger charge is -2.00.